The molecule has 0 aromatic carbocycles. The van der Waals surface area contributed by atoms with Crippen LogP contribution in [0.4, 0.5) is 11.5 Å². The van der Waals surface area contributed by atoms with Gasteiger partial charge in [-0.15, -0.1) is 0 Å². The Morgan fingerprint density at radius 2 is 2.14 bits per heavy atom. The van der Waals surface area contributed by atoms with E-state index in [-0.39, 0.29) is 16.1 Å². The standard InChI is InChI=1S/C14H13ClN4O2S/c15-13-4-3-12-14(17-13)19(10-5-7-18(12)9-10)22(20,21)11-2-1-6-16-8-11/h1-4,6,8,10H,5,7,9H2/t10-/m0/s1. The second kappa shape index (κ2) is 4.82. The van der Waals surface area contributed by atoms with Crippen molar-refractivity contribution in [3.05, 3.63) is 41.8 Å². The molecule has 2 aromatic rings. The molecule has 0 radical (unpaired) electrons. The van der Waals surface area contributed by atoms with Crippen LogP contribution in [0.3, 0.4) is 0 Å². The molecule has 0 spiro atoms. The zero-order chi connectivity index (χ0) is 15.3. The van der Waals surface area contributed by atoms with E-state index >= 15 is 0 Å². The molecule has 1 saturated heterocycles. The summed E-state index contributed by atoms with van der Waals surface area (Å²) in [6.45, 7) is 1.50. The van der Waals surface area contributed by atoms with Crippen LogP contribution in [0.15, 0.2) is 41.6 Å². The Hall–Kier alpha value is -1.86. The van der Waals surface area contributed by atoms with Gasteiger partial charge in [-0.05, 0) is 30.7 Å². The van der Waals surface area contributed by atoms with Crippen molar-refractivity contribution in [3.63, 3.8) is 0 Å². The van der Waals surface area contributed by atoms with Crippen molar-refractivity contribution < 1.29 is 8.42 Å². The number of rotatable bonds is 2. The Morgan fingerprint density at radius 3 is 2.91 bits per heavy atom. The third kappa shape index (κ3) is 1.96. The van der Waals surface area contributed by atoms with Gasteiger partial charge in [-0.2, -0.15) is 0 Å². The minimum absolute atomic E-state index is 0.122. The Morgan fingerprint density at radius 1 is 1.27 bits per heavy atom. The predicted molar refractivity (Wildman–Crippen MR) is 83.8 cm³/mol. The van der Waals surface area contributed by atoms with Gasteiger partial charge in [0, 0.05) is 25.5 Å². The van der Waals surface area contributed by atoms with E-state index in [2.05, 4.69) is 14.9 Å². The quantitative estimate of drug-likeness (QED) is 0.784. The van der Waals surface area contributed by atoms with Crippen molar-refractivity contribution >= 4 is 33.1 Å². The third-order valence-corrected chi connectivity index (χ3v) is 6.09. The van der Waals surface area contributed by atoms with Crippen LogP contribution in [-0.4, -0.2) is 37.5 Å². The lowest BCUT2D eigenvalue weighted by atomic mass is 10.2. The molecule has 4 heterocycles. The summed E-state index contributed by atoms with van der Waals surface area (Å²) in [5.74, 6) is 0.408. The van der Waals surface area contributed by atoms with Gasteiger partial charge in [0.2, 0.25) is 0 Å². The predicted octanol–water partition coefficient (Wildman–Crippen LogP) is 1.92. The van der Waals surface area contributed by atoms with Crippen molar-refractivity contribution in [3.8, 4) is 0 Å². The number of hydrogen-bond acceptors (Lipinski definition) is 5. The van der Waals surface area contributed by atoms with Crippen molar-refractivity contribution in [2.75, 3.05) is 22.3 Å². The fourth-order valence-electron chi connectivity index (χ4n) is 3.08. The molecular formula is C14H13ClN4O2S. The van der Waals surface area contributed by atoms with Crippen LogP contribution in [0.5, 0.6) is 0 Å². The van der Waals surface area contributed by atoms with Gasteiger partial charge in [0.25, 0.3) is 10.0 Å². The van der Waals surface area contributed by atoms with Gasteiger partial charge >= 0.3 is 0 Å². The first-order valence-corrected chi connectivity index (χ1v) is 8.75. The molecule has 1 atom stereocenters. The highest BCUT2D eigenvalue weighted by molar-refractivity contribution is 7.92. The highest BCUT2D eigenvalue weighted by atomic mass is 35.5. The van der Waals surface area contributed by atoms with Gasteiger partial charge in [-0.25, -0.2) is 17.7 Å². The number of anilines is 2. The minimum atomic E-state index is -3.70. The first-order chi connectivity index (χ1) is 10.6. The average molecular weight is 337 g/mol. The summed E-state index contributed by atoms with van der Waals surface area (Å²) in [5.41, 5.74) is 0.811. The van der Waals surface area contributed by atoms with Crippen LogP contribution in [0.25, 0.3) is 0 Å². The lowest BCUT2D eigenvalue weighted by Gasteiger charge is -2.36. The highest BCUT2D eigenvalue weighted by Crippen LogP contribution is 2.42. The summed E-state index contributed by atoms with van der Waals surface area (Å²) >= 11 is 5.99. The van der Waals surface area contributed by atoms with Gasteiger partial charge in [0.15, 0.2) is 5.82 Å². The first-order valence-electron chi connectivity index (χ1n) is 6.93. The molecule has 0 saturated carbocycles. The molecule has 2 aliphatic rings. The van der Waals surface area contributed by atoms with E-state index in [1.165, 1.54) is 10.5 Å². The van der Waals surface area contributed by atoms with E-state index < -0.39 is 10.0 Å². The summed E-state index contributed by atoms with van der Waals surface area (Å²) in [5, 5.41) is 0.285. The monoisotopic (exact) mass is 336 g/mol. The molecule has 114 valence electrons. The number of sulfonamides is 1. The zero-order valence-electron chi connectivity index (χ0n) is 11.6. The summed E-state index contributed by atoms with van der Waals surface area (Å²) < 4.78 is 27.5. The second-order valence-corrected chi connectivity index (χ2v) is 7.56. The molecule has 6 nitrogen and oxygen atoms in total. The molecule has 0 aliphatic carbocycles. The Kier molecular flexibility index (Phi) is 3.02. The van der Waals surface area contributed by atoms with E-state index in [4.69, 9.17) is 11.6 Å². The Labute approximate surface area is 133 Å². The lowest BCUT2D eigenvalue weighted by Crippen LogP contribution is -2.46. The van der Waals surface area contributed by atoms with E-state index in [0.717, 1.165) is 18.7 Å². The number of aromatic nitrogens is 2. The van der Waals surface area contributed by atoms with Gasteiger partial charge < -0.3 is 4.90 Å². The molecular weight excluding hydrogens is 324 g/mol. The Bertz CT molecular complexity index is 828. The molecule has 0 amide bonds. The molecule has 1 fully saturated rings. The molecule has 2 aromatic heterocycles. The minimum Gasteiger partial charge on any atom is -0.366 e. The molecule has 2 aliphatic heterocycles. The maximum atomic E-state index is 13.0. The van der Waals surface area contributed by atoms with Crippen molar-refractivity contribution in [2.45, 2.75) is 17.4 Å². The Balaban J connectivity index is 1.91. The van der Waals surface area contributed by atoms with Gasteiger partial charge in [-0.1, -0.05) is 11.6 Å². The molecule has 8 heteroatoms. The van der Waals surface area contributed by atoms with Crippen molar-refractivity contribution in [1.82, 2.24) is 9.97 Å². The summed E-state index contributed by atoms with van der Waals surface area (Å²) in [6, 6.07) is 6.56. The summed E-state index contributed by atoms with van der Waals surface area (Å²) in [6.07, 6.45) is 3.68. The fourth-order valence-corrected chi connectivity index (χ4v) is 4.82. The van der Waals surface area contributed by atoms with Gasteiger partial charge in [-0.3, -0.25) is 4.98 Å². The van der Waals surface area contributed by atoms with Crippen LogP contribution in [0, 0.1) is 0 Å². The van der Waals surface area contributed by atoms with Crippen LogP contribution in [-0.2, 0) is 10.0 Å². The smallest absolute Gasteiger partial charge is 0.267 e. The van der Waals surface area contributed by atoms with Crippen molar-refractivity contribution in [2.24, 2.45) is 0 Å². The number of hydrogen-bond donors (Lipinski definition) is 0. The highest BCUT2D eigenvalue weighted by Gasteiger charge is 2.43. The van der Waals surface area contributed by atoms with Crippen LogP contribution in [0.2, 0.25) is 5.15 Å². The number of halogens is 1. The third-order valence-electron chi connectivity index (χ3n) is 4.06. The normalized spacial score (nSPS) is 20.1. The maximum absolute atomic E-state index is 13.0. The second-order valence-electron chi connectivity index (χ2n) is 5.35. The van der Waals surface area contributed by atoms with Gasteiger partial charge in [0.1, 0.15) is 10.0 Å². The van der Waals surface area contributed by atoms with Crippen LogP contribution >= 0.6 is 11.6 Å². The number of pyridine rings is 2. The molecule has 0 N–H and O–H groups in total. The number of nitrogens with zero attached hydrogens (tertiary/aromatic N) is 4. The van der Waals surface area contributed by atoms with Gasteiger partial charge in [0.05, 0.1) is 11.7 Å². The largest absolute Gasteiger partial charge is 0.366 e. The van der Waals surface area contributed by atoms with Crippen LogP contribution < -0.4 is 9.21 Å². The summed E-state index contributed by atoms with van der Waals surface area (Å²) in [7, 11) is -3.70. The topological polar surface area (TPSA) is 66.4 Å². The lowest BCUT2D eigenvalue weighted by molar-refractivity contribution is 0.576. The van der Waals surface area contributed by atoms with Crippen molar-refractivity contribution in [1.29, 1.82) is 0 Å². The van der Waals surface area contributed by atoms with E-state index in [9.17, 15) is 8.42 Å². The summed E-state index contributed by atoms with van der Waals surface area (Å²) in [4.78, 5) is 10.5. The van der Waals surface area contributed by atoms with E-state index in [0.29, 0.717) is 12.4 Å². The van der Waals surface area contributed by atoms with E-state index in [1.807, 2.05) is 6.07 Å². The molecule has 22 heavy (non-hydrogen) atoms. The maximum Gasteiger partial charge on any atom is 0.267 e. The van der Waals surface area contributed by atoms with E-state index in [1.54, 1.807) is 24.4 Å². The fraction of sp³-hybridized carbons (Fsp3) is 0.286. The average Bonchev–Trinajstić information content (AvgIpc) is 2.92. The zero-order valence-corrected chi connectivity index (χ0v) is 13.1. The molecule has 2 bridgehead atoms. The molecule has 0 unspecified atom stereocenters. The first kappa shape index (κ1) is 13.8. The molecule has 4 rings (SSSR count). The van der Waals surface area contributed by atoms with Crippen LogP contribution in [0.1, 0.15) is 6.42 Å². The number of fused-ring (bicyclic) bond motifs is 4. The SMILES string of the molecule is O=S(=O)(c1cccnc1)N1c2nc(Cl)ccc2N2CC[C@H]1C2.